The predicted molar refractivity (Wildman–Crippen MR) is 147 cm³/mol. The van der Waals surface area contributed by atoms with Gasteiger partial charge < -0.3 is 14.6 Å². The molecule has 1 saturated heterocycles. The number of fused-ring (bicyclic) bond motifs is 1. The number of carbonyl (C=O) groups is 1. The fourth-order valence-electron chi connectivity index (χ4n) is 4.76. The summed E-state index contributed by atoms with van der Waals surface area (Å²) in [5.74, 6) is -0.354. The van der Waals surface area contributed by atoms with Crippen molar-refractivity contribution in [2.24, 2.45) is 0 Å². The summed E-state index contributed by atoms with van der Waals surface area (Å²) >= 11 is 15.6. The molecule has 3 heterocycles. The average Bonchev–Trinajstić information content (AvgIpc) is 3.30. The first-order chi connectivity index (χ1) is 17.7. The number of aryl methyl sites for hydroxylation is 1. The summed E-state index contributed by atoms with van der Waals surface area (Å²) in [5.41, 5.74) is 0.408. The Balaban J connectivity index is 1.39. The molecule has 0 saturated carbocycles. The van der Waals surface area contributed by atoms with Gasteiger partial charge in [0, 0.05) is 40.7 Å². The van der Waals surface area contributed by atoms with Crippen molar-refractivity contribution in [2.75, 3.05) is 13.1 Å². The number of rotatable bonds is 4. The van der Waals surface area contributed by atoms with E-state index < -0.39 is 5.60 Å². The maximum absolute atomic E-state index is 13.5. The van der Waals surface area contributed by atoms with Crippen LogP contribution in [-0.4, -0.2) is 48.6 Å². The molecular formula is C26H24BrCl2N5O3. The number of pyridine rings is 1. The van der Waals surface area contributed by atoms with Crippen LogP contribution in [0.3, 0.4) is 0 Å². The lowest BCUT2D eigenvalue weighted by Gasteiger charge is -2.25. The molecule has 0 spiro atoms. The number of halogens is 3. The molecule has 1 N–H and O–H groups in total. The molecule has 2 aromatic carbocycles. The fraction of sp³-hybridized carbons (Fsp3) is 0.308. The first kappa shape index (κ1) is 25.9. The van der Waals surface area contributed by atoms with Crippen LogP contribution in [0.2, 0.25) is 10.0 Å². The van der Waals surface area contributed by atoms with E-state index in [1.165, 1.54) is 0 Å². The Morgan fingerprint density at radius 2 is 1.95 bits per heavy atom. The van der Waals surface area contributed by atoms with E-state index in [-0.39, 0.29) is 29.9 Å². The quantitative estimate of drug-likeness (QED) is 0.346. The van der Waals surface area contributed by atoms with Crippen LogP contribution in [-0.2, 0) is 12.1 Å². The van der Waals surface area contributed by atoms with E-state index in [4.69, 9.17) is 23.2 Å². The average molecular weight is 605 g/mol. The second-order valence-corrected chi connectivity index (χ2v) is 10.8. The molecule has 0 radical (unpaired) electrons. The Morgan fingerprint density at radius 1 is 1.14 bits per heavy atom. The number of hydrogen-bond acceptors (Lipinski definition) is 5. The minimum absolute atomic E-state index is 0.0984. The minimum atomic E-state index is -1.25. The van der Waals surface area contributed by atoms with Crippen LogP contribution < -0.4 is 5.43 Å². The standard InChI is InChI=1S/C26H24BrCl2N5O3/c1-2-32-14-19(24(35)18-12-16(28)4-7-22(18)32)25(36)33-10-3-8-26(37,9-11-33)23-15-34(31-30-23)17-5-6-21(29)20(27)13-17/h4-7,12-15,37H,2-3,8-11H2,1H3. The third-order valence-corrected chi connectivity index (χ3v) is 8.30. The van der Waals surface area contributed by atoms with Gasteiger partial charge in [-0.05, 0) is 78.5 Å². The van der Waals surface area contributed by atoms with E-state index in [1.807, 2.05) is 23.6 Å². The van der Waals surface area contributed by atoms with Crippen LogP contribution >= 0.6 is 39.1 Å². The lowest BCUT2D eigenvalue weighted by atomic mass is 9.92. The van der Waals surface area contributed by atoms with Gasteiger partial charge in [0.05, 0.1) is 22.4 Å². The van der Waals surface area contributed by atoms with E-state index in [0.29, 0.717) is 47.1 Å². The van der Waals surface area contributed by atoms with Crippen molar-refractivity contribution in [2.45, 2.75) is 38.3 Å². The minimum Gasteiger partial charge on any atom is -0.383 e. The van der Waals surface area contributed by atoms with Gasteiger partial charge in [0.1, 0.15) is 16.9 Å². The van der Waals surface area contributed by atoms with Crippen molar-refractivity contribution < 1.29 is 9.90 Å². The maximum atomic E-state index is 13.5. The molecule has 1 fully saturated rings. The zero-order valence-corrected chi connectivity index (χ0v) is 23.1. The molecule has 0 aliphatic carbocycles. The second-order valence-electron chi connectivity index (χ2n) is 9.14. The number of amides is 1. The zero-order chi connectivity index (χ0) is 26.3. The van der Waals surface area contributed by atoms with Gasteiger partial charge in [-0.1, -0.05) is 28.4 Å². The normalized spacial score (nSPS) is 18.2. The van der Waals surface area contributed by atoms with Crippen molar-refractivity contribution in [3.8, 4) is 5.69 Å². The summed E-state index contributed by atoms with van der Waals surface area (Å²) in [6.07, 6.45) is 4.53. The number of aliphatic hydroxyl groups is 1. The fourth-order valence-corrected chi connectivity index (χ4v) is 5.42. The van der Waals surface area contributed by atoms with Gasteiger partial charge >= 0.3 is 0 Å². The highest BCUT2D eigenvalue weighted by molar-refractivity contribution is 9.10. The van der Waals surface area contributed by atoms with E-state index in [1.54, 1.807) is 46.2 Å². The number of aromatic nitrogens is 4. The Labute approximate surface area is 231 Å². The van der Waals surface area contributed by atoms with Crippen LogP contribution in [0, 0.1) is 0 Å². The van der Waals surface area contributed by atoms with Crippen LogP contribution in [0.25, 0.3) is 16.6 Å². The molecule has 4 aromatic rings. The van der Waals surface area contributed by atoms with Crippen LogP contribution in [0.5, 0.6) is 0 Å². The third-order valence-electron chi connectivity index (χ3n) is 6.85. The van der Waals surface area contributed by atoms with E-state index >= 15 is 0 Å². The van der Waals surface area contributed by atoms with E-state index in [2.05, 4.69) is 26.2 Å². The molecular weight excluding hydrogens is 581 g/mol. The monoisotopic (exact) mass is 603 g/mol. The highest BCUT2D eigenvalue weighted by atomic mass is 79.9. The highest BCUT2D eigenvalue weighted by Crippen LogP contribution is 2.33. The summed E-state index contributed by atoms with van der Waals surface area (Å²) in [7, 11) is 0. The molecule has 0 bridgehead atoms. The first-order valence-electron chi connectivity index (χ1n) is 11.9. The van der Waals surface area contributed by atoms with Gasteiger partial charge in [-0.2, -0.15) is 0 Å². The molecule has 8 nitrogen and oxygen atoms in total. The summed E-state index contributed by atoms with van der Waals surface area (Å²) in [6, 6.07) is 10.5. The molecule has 192 valence electrons. The molecule has 5 rings (SSSR count). The maximum Gasteiger partial charge on any atom is 0.259 e. The summed E-state index contributed by atoms with van der Waals surface area (Å²) in [6.45, 7) is 3.24. The first-order valence-corrected chi connectivity index (χ1v) is 13.5. The topological polar surface area (TPSA) is 93.2 Å². The molecule has 1 aliphatic heterocycles. The van der Waals surface area contributed by atoms with Crippen molar-refractivity contribution >= 4 is 55.9 Å². The highest BCUT2D eigenvalue weighted by Gasteiger charge is 2.36. The Hall–Kier alpha value is -2.72. The number of nitrogens with zero attached hydrogens (tertiary/aromatic N) is 5. The molecule has 11 heteroatoms. The van der Waals surface area contributed by atoms with Crippen molar-refractivity contribution in [3.63, 3.8) is 0 Å². The van der Waals surface area contributed by atoms with Crippen molar-refractivity contribution in [3.05, 3.63) is 84.8 Å². The lowest BCUT2D eigenvalue weighted by Crippen LogP contribution is -2.36. The zero-order valence-electron chi connectivity index (χ0n) is 20.0. The summed E-state index contributed by atoms with van der Waals surface area (Å²) in [4.78, 5) is 28.4. The lowest BCUT2D eigenvalue weighted by molar-refractivity contribution is 0.0170. The molecule has 1 atom stereocenters. The molecule has 1 unspecified atom stereocenters. The number of likely N-dealkylation sites (tertiary alicyclic amines) is 1. The second kappa shape index (κ2) is 10.2. The SMILES string of the molecule is CCn1cc(C(=O)N2CCCC(O)(c3cn(-c4ccc(Cl)c(Br)c4)nn3)CC2)c(=O)c2cc(Cl)ccc21. The molecule has 1 aliphatic rings. The van der Waals surface area contributed by atoms with Gasteiger partial charge in [-0.25, -0.2) is 4.68 Å². The Kier molecular flexibility index (Phi) is 7.15. The third kappa shape index (κ3) is 4.93. The smallest absolute Gasteiger partial charge is 0.259 e. The van der Waals surface area contributed by atoms with Gasteiger partial charge in [0.2, 0.25) is 5.43 Å². The van der Waals surface area contributed by atoms with Gasteiger partial charge in [0.15, 0.2) is 0 Å². The van der Waals surface area contributed by atoms with Crippen molar-refractivity contribution in [1.29, 1.82) is 0 Å². The van der Waals surface area contributed by atoms with E-state index in [0.717, 1.165) is 15.7 Å². The van der Waals surface area contributed by atoms with Crippen LogP contribution in [0.4, 0.5) is 0 Å². The summed E-state index contributed by atoms with van der Waals surface area (Å²) in [5, 5.41) is 21.3. The summed E-state index contributed by atoms with van der Waals surface area (Å²) < 4.78 is 4.18. The van der Waals surface area contributed by atoms with Gasteiger partial charge in [-0.15, -0.1) is 5.10 Å². The number of carbonyl (C=O) groups excluding carboxylic acids is 1. The van der Waals surface area contributed by atoms with Crippen LogP contribution in [0.15, 0.2) is 58.1 Å². The van der Waals surface area contributed by atoms with E-state index in [9.17, 15) is 14.7 Å². The van der Waals surface area contributed by atoms with Crippen LogP contribution in [0.1, 0.15) is 42.2 Å². The van der Waals surface area contributed by atoms with Gasteiger partial charge in [0.25, 0.3) is 5.91 Å². The van der Waals surface area contributed by atoms with Gasteiger partial charge in [-0.3, -0.25) is 9.59 Å². The predicted octanol–water partition coefficient (Wildman–Crippen LogP) is 5.19. The largest absolute Gasteiger partial charge is 0.383 e. The molecule has 1 amide bonds. The molecule has 37 heavy (non-hydrogen) atoms. The number of hydrogen-bond donors (Lipinski definition) is 1. The Bertz CT molecular complexity index is 1570. The molecule has 2 aromatic heterocycles. The number of benzene rings is 2. The Morgan fingerprint density at radius 3 is 2.70 bits per heavy atom. The van der Waals surface area contributed by atoms with Crippen molar-refractivity contribution in [1.82, 2.24) is 24.5 Å².